The Hall–Kier alpha value is -0.500. The molecule has 1 rings (SSSR count). The van der Waals surface area contributed by atoms with Crippen LogP contribution in [0.15, 0.2) is 0 Å². The Balaban J connectivity index is 2.77. The molecule has 1 aliphatic rings. The highest BCUT2D eigenvalue weighted by Gasteiger charge is 2.56. The van der Waals surface area contributed by atoms with Gasteiger partial charge < -0.3 is 49.3 Å². The van der Waals surface area contributed by atoms with Crippen LogP contribution >= 0.6 is 36.1 Å². The Bertz CT molecular complexity index is 1320. The highest BCUT2D eigenvalue weighted by Crippen LogP contribution is 2.51. The van der Waals surface area contributed by atoms with Crippen LogP contribution in [0, 0.1) is 0 Å². The lowest BCUT2D eigenvalue weighted by atomic mass is 9.85. The molecule has 61 heavy (non-hydrogen) atoms. The van der Waals surface area contributed by atoms with Crippen molar-refractivity contribution in [2.75, 3.05) is 19.0 Å². The van der Waals surface area contributed by atoms with Gasteiger partial charge in [-0.15, -0.1) is 0 Å². The van der Waals surface area contributed by atoms with Gasteiger partial charge in [-0.1, -0.05) is 135 Å². The number of esters is 2. The molecule has 23 heteroatoms. The Kier molecular flexibility index (Phi) is 31.7. The molecule has 0 spiro atoms. The van der Waals surface area contributed by atoms with Crippen LogP contribution in [-0.4, -0.2) is 113 Å². The van der Waals surface area contributed by atoms with Gasteiger partial charge >= 0.3 is 35.4 Å². The summed E-state index contributed by atoms with van der Waals surface area (Å²) in [5.74, 6) is -0.393. The number of rotatable bonds is 38. The van der Waals surface area contributed by atoms with Gasteiger partial charge in [-0.2, -0.15) is 12.6 Å². The number of aliphatic hydroxyl groups is 3. The van der Waals surface area contributed by atoms with Crippen molar-refractivity contribution >= 4 is 48.0 Å². The molecule has 4 unspecified atom stereocenters. The van der Waals surface area contributed by atoms with Gasteiger partial charge in [-0.3, -0.25) is 27.7 Å². The molecular weight excluding hydrogens is 885 g/mol. The molecule has 0 aromatic carbocycles. The van der Waals surface area contributed by atoms with E-state index < -0.39 is 91.3 Å². The number of hydrogen-bond acceptors (Lipinski definition) is 15. The van der Waals surface area contributed by atoms with E-state index in [1.54, 1.807) is 0 Å². The van der Waals surface area contributed by atoms with Gasteiger partial charge in [0.2, 0.25) is 0 Å². The minimum Gasteiger partial charge on any atom is -0.462 e. The first-order valence-corrected chi connectivity index (χ1v) is 27.1. The molecule has 1 saturated carbocycles. The predicted molar refractivity (Wildman–Crippen MR) is 228 cm³/mol. The van der Waals surface area contributed by atoms with Gasteiger partial charge in [0.1, 0.15) is 43.2 Å². The normalized spacial score (nSPS) is 22.5. The molecule has 0 heterocycles. The molecule has 0 aliphatic heterocycles. The fourth-order valence-corrected chi connectivity index (χ4v) is 9.24. The van der Waals surface area contributed by atoms with Gasteiger partial charge in [-0.25, -0.2) is 13.7 Å². The van der Waals surface area contributed by atoms with Gasteiger partial charge in [0.15, 0.2) is 6.10 Å². The summed E-state index contributed by atoms with van der Waals surface area (Å²) in [6, 6.07) is 0. The number of aliphatic hydroxyl groups excluding tert-OH is 3. The number of ether oxygens (including phenoxy) is 2. The molecule has 8 atom stereocenters. The molecule has 0 radical (unpaired) electrons. The number of carbonyl (C=O) groups is 2. The highest BCUT2D eigenvalue weighted by molar-refractivity contribution is 7.80. The zero-order chi connectivity index (χ0) is 45.7. The molecule has 1 aliphatic carbocycles. The third-order valence-electron chi connectivity index (χ3n) is 10.2. The summed E-state index contributed by atoms with van der Waals surface area (Å²) in [5, 5.41) is 31.8. The molecule has 8 N–H and O–H groups in total. The lowest BCUT2D eigenvalue weighted by Crippen LogP contribution is -2.65. The van der Waals surface area contributed by atoms with Crippen LogP contribution in [0.1, 0.15) is 167 Å². The third kappa shape index (κ3) is 29.6. The summed E-state index contributed by atoms with van der Waals surface area (Å²) in [4.78, 5) is 72.9. The highest BCUT2D eigenvalue weighted by atomic mass is 32.1. The number of thiol groups is 1. The number of carbonyl (C=O) groups excluding carboxylic acids is 2. The Morgan fingerprint density at radius 1 is 0.508 bits per heavy atom. The standard InChI is InChI=1S/C38H75O19P3S/c1-2-3-4-5-6-7-8-9-10-14-17-20-23-26-32(40)54-30(28-52-31(39)25-22-19-16-13-11-12-15-18-21-24-27-61)29-53-60(50,51)57-36-33(41)34(42)37(55-58(44,45)46)38(35(36)43)56-59(47,48)49/h30,33-38,41-43,61H,2-29H2,1H3,(H,50,51)(H2,44,45,46)(H2,47,48,49)/t30-,33?,34-,35+,36?,37?,38+/m1/s1. The van der Waals surface area contributed by atoms with Crippen molar-refractivity contribution in [3.63, 3.8) is 0 Å². The van der Waals surface area contributed by atoms with E-state index in [1.807, 2.05) is 0 Å². The van der Waals surface area contributed by atoms with E-state index >= 15 is 0 Å². The SMILES string of the molecule is CCCCCCCCCCCCCCCC(=O)O[C@H](COC(=O)CCCCCCCCCCCCS)COP(=O)(O)OC1C(O)[C@@H](O)C(OP(=O)(O)O)[C@@H](OP(=O)(O)O)[C@H]1O. The number of hydrogen-bond donors (Lipinski definition) is 9. The first-order valence-electron chi connectivity index (χ1n) is 21.9. The van der Waals surface area contributed by atoms with Crippen molar-refractivity contribution in [1.29, 1.82) is 0 Å². The number of phosphoric acid groups is 3. The number of unbranched alkanes of at least 4 members (excludes halogenated alkanes) is 21. The Morgan fingerprint density at radius 3 is 1.31 bits per heavy atom. The second-order valence-electron chi connectivity index (χ2n) is 15.7. The van der Waals surface area contributed by atoms with E-state index in [1.165, 1.54) is 70.6 Å². The zero-order valence-electron chi connectivity index (χ0n) is 35.7. The van der Waals surface area contributed by atoms with Crippen molar-refractivity contribution in [1.82, 2.24) is 0 Å². The molecule has 0 aromatic heterocycles. The van der Waals surface area contributed by atoms with Crippen molar-refractivity contribution in [3.05, 3.63) is 0 Å². The quantitative estimate of drug-likeness (QED) is 0.0135. The fraction of sp³-hybridized carbons (Fsp3) is 0.947. The van der Waals surface area contributed by atoms with E-state index in [9.17, 15) is 63.1 Å². The van der Waals surface area contributed by atoms with Gasteiger partial charge in [0, 0.05) is 12.8 Å². The summed E-state index contributed by atoms with van der Waals surface area (Å²) in [6.45, 7) is 0.725. The summed E-state index contributed by atoms with van der Waals surface area (Å²) < 4.78 is 65.3. The van der Waals surface area contributed by atoms with Crippen LogP contribution < -0.4 is 0 Å². The minimum atomic E-state index is -5.59. The average molecular weight is 961 g/mol. The van der Waals surface area contributed by atoms with Crippen LogP contribution in [0.4, 0.5) is 0 Å². The second-order valence-corrected chi connectivity index (χ2v) is 20.0. The third-order valence-corrected chi connectivity index (χ3v) is 12.6. The van der Waals surface area contributed by atoms with Gasteiger partial charge in [-0.05, 0) is 25.0 Å². The summed E-state index contributed by atoms with van der Waals surface area (Å²) in [5.41, 5.74) is 0. The molecule has 0 saturated heterocycles. The van der Waals surface area contributed by atoms with E-state index in [0.29, 0.717) is 12.8 Å². The summed E-state index contributed by atoms with van der Waals surface area (Å²) in [7, 11) is -16.6. The average Bonchev–Trinajstić information content (AvgIpc) is 3.18. The summed E-state index contributed by atoms with van der Waals surface area (Å²) in [6.07, 6.45) is 8.38. The van der Waals surface area contributed by atoms with Crippen molar-refractivity contribution < 1.29 is 90.6 Å². The van der Waals surface area contributed by atoms with Crippen LogP contribution in [0.3, 0.4) is 0 Å². The molecule has 0 bridgehead atoms. The maximum absolute atomic E-state index is 13.1. The first-order chi connectivity index (χ1) is 28.8. The van der Waals surface area contributed by atoms with Crippen LogP contribution in [-0.2, 0) is 50.9 Å². The van der Waals surface area contributed by atoms with Crippen LogP contribution in [0.25, 0.3) is 0 Å². The second kappa shape index (κ2) is 33.0. The Morgan fingerprint density at radius 2 is 0.885 bits per heavy atom. The predicted octanol–water partition coefficient (Wildman–Crippen LogP) is 6.70. The van der Waals surface area contributed by atoms with Crippen LogP contribution in [0.2, 0.25) is 0 Å². The first kappa shape index (κ1) is 58.5. The van der Waals surface area contributed by atoms with Crippen LogP contribution in [0.5, 0.6) is 0 Å². The molecule has 0 amide bonds. The van der Waals surface area contributed by atoms with E-state index in [4.69, 9.17) is 18.5 Å². The van der Waals surface area contributed by atoms with Crippen molar-refractivity contribution in [2.45, 2.75) is 210 Å². The Labute approximate surface area is 366 Å². The van der Waals surface area contributed by atoms with E-state index in [2.05, 4.69) is 28.6 Å². The smallest absolute Gasteiger partial charge is 0.462 e. The van der Waals surface area contributed by atoms with E-state index in [-0.39, 0.29) is 12.8 Å². The lowest BCUT2D eigenvalue weighted by molar-refractivity contribution is -0.213. The maximum Gasteiger partial charge on any atom is 0.472 e. The maximum atomic E-state index is 13.1. The summed E-state index contributed by atoms with van der Waals surface area (Å²) >= 11 is 4.22. The largest absolute Gasteiger partial charge is 0.472 e. The molecule has 0 aromatic rings. The molecule has 1 fully saturated rings. The minimum absolute atomic E-state index is 0.00229. The van der Waals surface area contributed by atoms with Crippen molar-refractivity contribution in [3.8, 4) is 0 Å². The molecule has 362 valence electrons. The monoisotopic (exact) mass is 960 g/mol. The molecular formula is C38H75O19P3S. The lowest BCUT2D eigenvalue weighted by Gasteiger charge is -2.44. The zero-order valence-corrected chi connectivity index (χ0v) is 39.3. The fourth-order valence-electron chi connectivity index (χ4n) is 6.92. The number of phosphoric ester groups is 3. The van der Waals surface area contributed by atoms with Crippen molar-refractivity contribution in [2.24, 2.45) is 0 Å². The van der Waals surface area contributed by atoms with Gasteiger partial charge in [0.25, 0.3) is 0 Å². The topological polar surface area (TPSA) is 303 Å². The van der Waals surface area contributed by atoms with Gasteiger partial charge in [0.05, 0.1) is 6.61 Å². The molecule has 19 nitrogen and oxygen atoms in total. The van der Waals surface area contributed by atoms with E-state index in [0.717, 1.165) is 70.0 Å².